The molecule has 1 aromatic carbocycles. The molecule has 0 spiro atoms. The molecule has 2 nitrogen and oxygen atoms in total. The molecule has 1 aromatic heterocycles. The summed E-state index contributed by atoms with van der Waals surface area (Å²) in [5.74, 6) is 0.854. The van der Waals surface area contributed by atoms with Crippen LogP contribution >= 0.6 is 15.9 Å². The van der Waals surface area contributed by atoms with Crippen molar-refractivity contribution in [3.63, 3.8) is 0 Å². The van der Waals surface area contributed by atoms with Crippen molar-refractivity contribution in [1.82, 2.24) is 9.97 Å². The molecule has 0 N–H and O–H groups in total. The third-order valence-electron chi connectivity index (χ3n) is 2.71. The predicted molar refractivity (Wildman–Crippen MR) is 78.6 cm³/mol. The molecular weight excluding hydrogens is 288 g/mol. The van der Waals surface area contributed by atoms with Crippen molar-refractivity contribution in [2.45, 2.75) is 33.1 Å². The van der Waals surface area contributed by atoms with Gasteiger partial charge < -0.3 is 0 Å². The number of aryl methyl sites for hydroxylation is 1. The van der Waals surface area contributed by atoms with E-state index in [2.05, 4.69) is 77.9 Å². The molecule has 0 bridgehead atoms. The zero-order chi connectivity index (χ0) is 13.3. The highest BCUT2D eigenvalue weighted by molar-refractivity contribution is 9.10. The number of aromatic nitrogens is 2. The maximum absolute atomic E-state index is 4.66. The zero-order valence-corrected chi connectivity index (χ0v) is 12.7. The van der Waals surface area contributed by atoms with E-state index >= 15 is 0 Å². The summed E-state index contributed by atoms with van der Waals surface area (Å²) < 4.78 is 0.831. The van der Waals surface area contributed by atoms with E-state index < -0.39 is 0 Å². The third-order valence-corrected chi connectivity index (χ3v) is 3.12. The molecule has 0 radical (unpaired) electrons. The van der Waals surface area contributed by atoms with Gasteiger partial charge in [-0.05, 0) is 28.9 Å². The van der Waals surface area contributed by atoms with Gasteiger partial charge >= 0.3 is 0 Å². The Hall–Kier alpha value is -1.22. The molecule has 2 rings (SSSR count). The number of hydrogen-bond donors (Lipinski definition) is 0. The molecule has 0 atom stereocenters. The van der Waals surface area contributed by atoms with Gasteiger partial charge in [0.05, 0.1) is 5.69 Å². The van der Waals surface area contributed by atoms with Crippen molar-refractivity contribution in [1.29, 1.82) is 0 Å². The molecule has 0 fully saturated rings. The van der Waals surface area contributed by atoms with E-state index in [4.69, 9.17) is 0 Å². The van der Waals surface area contributed by atoms with Gasteiger partial charge in [0.25, 0.3) is 0 Å². The normalized spacial score (nSPS) is 11.6. The molecule has 0 saturated heterocycles. The van der Waals surface area contributed by atoms with Crippen molar-refractivity contribution in [2.24, 2.45) is 0 Å². The maximum Gasteiger partial charge on any atom is 0.135 e. The lowest BCUT2D eigenvalue weighted by Crippen LogP contribution is -2.16. The van der Waals surface area contributed by atoms with Crippen LogP contribution in [0, 0.1) is 6.92 Å². The van der Waals surface area contributed by atoms with E-state index in [9.17, 15) is 0 Å². The van der Waals surface area contributed by atoms with Gasteiger partial charge in [0.15, 0.2) is 0 Å². The first-order valence-electron chi connectivity index (χ1n) is 5.98. The molecule has 0 aliphatic heterocycles. The van der Waals surface area contributed by atoms with E-state index in [1.807, 2.05) is 6.07 Å². The van der Waals surface area contributed by atoms with Crippen molar-refractivity contribution < 1.29 is 0 Å². The number of hydrogen-bond acceptors (Lipinski definition) is 2. The molecule has 0 aliphatic carbocycles. The first-order chi connectivity index (χ1) is 8.36. The van der Waals surface area contributed by atoms with Crippen LogP contribution in [0.2, 0.25) is 0 Å². The first-order valence-corrected chi connectivity index (χ1v) is 6.78. The fourth-order valence-corrected chi connectivity index (χ4v) is 2.01. The van der Waals surface area contributed by atoms with Crippen LogP contribution in [0.3, 0.4) is 0 Å². The molecule has 0 saturated carbocycles. The Kier molecular flexibility index (Phi) is 3.53. The number of halogens is 1. The summed E-state index contributed by atoms with van der Waals surface area (Å²) in [6.07, 6.45) is 0. The maximum atomic E-state index is 4.66. The lowest BCUT2D eigenvalue weighted by atomic mass is 9.95. The van der Waals surface area contributed by atoms with E-state index in [0.29, 0.717) is 0 Å². The molecule has 94 valence electrons. The van der Waals surface area contributed by atoms with Crippen molar-refractivity contribution in [3.05, 3.63) is 46.3 Å². The molecular formula is C15H17BrN2. The predicted octanol–water partition coefficient (Wildman–Crippen LogP) is 4.51. The topological polar surface area (TPSA) is 25.8 Å². The van der Waals surface area contributed by atoms with E-state index in [-0.39, 0.29) is 5.41 Å². The molecule has 0 unspecified atom stereocenters. The lowest BCUT2D eigenvalue weighted by Gasteiger charge is -2.17. The Morgan fingerprint density at radius 1 is 1.00 bits per heavy atom. The molecule has 3 heteroatoms. The molecule has 0 amide bonds. The van der Waals surface area contributed by atoms with E-state index in [1.54, 1.807) is 0 Å². The standard InChI is InChI=1S/C15H17BrN2/c1-10-5-7-11(8-6-10)12-9-13(16)18-14(17-12)15(2,3)4/h5-9H,1-4H3. The van der Waals surface area contributed by atoms with E-state index in [0.717, 1.165) is 21.7 Å². The van der Waals surface area contributed by atoms with Crippen LogP contribution in [0.1, 0.15) is 32.2 Å². The van der Waals surface area contributed by atoms with Crippen LogP contribution in [0.25, 0.3) is 11.3 Å². The second-order valence-corrected chi connectivity index (χ2v) is 6.33. The summed E-state index contributed by atoms with van der Waals surface area (Å²) in [4.78, 5) is 9.12. The average molecular weight is 305 g/mol. The number of rotatable bonds is 1. The van der Waals surface area contributed by atoms with Gasteiger partial charge in [-0.1, -0.05) is 50.6 Å². The molecule has 2 aromatic rings. The van der Waals surface area contributed by atoms with E-state index in [1.165, 1.54) is 5.56 Å². The quantitative estimate of drug-likeness (QED) is 0.724. The minimum Gasteiger partial charge on any atom is -0.232 e. The zero-order valence-electron chi connectivity index (χ0n) is 11.2. The van der Waals surface area contributed by atoms with Crippen LogP contribution in [-0.4, -0.2) is 9.97 Å². The summed E-state index contributed by atoms with van der Waals surface area (Å²) >= 11 is 3.47. The van der Waals surface area contributed by atoms with Gasteiger partial charge in [0.2, 0.25) is 0 Å². The Balaban J connectivity index is 2.52. The van der Waals surface area contributed by atoms with Crippen LogP contribution in [0.15, 0.2) is 34.9 Å². The van der Waals surface area contributed by atoms with Crippen LogP contribution in [0.4, 0.5) is 0 Å². The molecule has 18 heavy (non-hydrogen) atoms. The second-order valence-electron chi connectivity index (χ2n) is 5.52. The lowest BCUT2D eigenvalue weighted by molar-refractivity contribution is 0.544. The van der Waals surface area contributed by atoms with Gasteiger partial charge in [-0.2, -0.15) is 0 Å². The number of nitrogens with zero attached hydrogens (tertiary/aromatic N) is 2. The fraction of sp³-hybridized carbons (Fsp3) is 0.333. The number of benzene rings is 1. The average Bonchev–Trinajstić information content (AvgIpc) is 2.28. The SMILES string of the molecule is Cc1ccc(-c2cc(Br)nc(C(C)(C)C)n2)cc1. The summed E-state index contributed by atoms with van der Waals surface area (Å²) in [6, 6.07) is 10.3. The Morgan fingerprint density at radius 3 is 2.17 bits per heavy atom. The Labute approximate surface area is 117 Å². The largest absolute Gasteiger partial charge is 0.232 e. The summed E-state index contributed by atoms with van der Waals surface area (Å²) in [5, 5.41) is 0. The van der Waals surface area contributed by atoms with Crippen molar-refractivity contribution in [3.8, 4) is 11.3 Å². The van der Waals surface area contributed by atoms with Gasteiger partial charge in [-0.15, -0.1) is 0 Å². The van der Waals surface area contributed by atoms with Gasteiger partial charge in [0, 0.05) is 11.0 Å². The highest BCUT2D eigenvalue weighted by atomic mass is 79.9. The smallest absolute Gasteiger partial charge is 0.135 e. The summed E-state index contributed by atoms with van der Waals surface area (Å²) in [7, 11) is 0. The Bertz CT molecular complexity index is 554. The Morgan fingerprint density at radius 2 is 1.61 bits per heavy atom. The van der Waals surface area contributed by atoms with Gasteiger partial charge in [-0.3, -0.25) is 0 Å². The fourth-order valence-electron chi connectivity index (χ4n) is 1.63. The van der Waals surface area contributed by atoms with Gasteiger partial charge in [0.1, 0.15) is 10.4 Å². The first kappa shape index (κ1) is 13.2. The van der Waals surface area contributed by atoms with Crippen molar-refractivity contribution >= 4 is 15.9 Å². The van der Waals surface area contributed by atoms with Crippen LogP contribution < -0.4 is 0 Å². The van der Waals surface area contributed by atoms with Crippen molar-refractivity contribution in [2.75, 3.05) is 0 Å². The minimum atomic E-state index is -0.0524. The third kappa shape index (κ3) is 2.96. The molecule has 1 heterocycles. The monoisotopic (exact) mass is 304 g/mol. The second kappa shape index (κ2) is 4.81. The highest BCUT2D eigenvalue weighted by Gasteiger charge is 2.18. The van der Waals surface area contributed by atoms with Crippen LogP contribution in [0.5, 0.6) is 0 Å². The molecule has 0 aliphatic rings. The van der Waals surface area contributed by atoms with Crippen LogP contribution in [-0.2, 0) is 5.41 Å². The van der Waals surface area contributed by atoms with Gasteiger partial charge in [-0.25, -0.2) is 9.97 Å². The highest BCUT2D eigenvalue weighted by Crippen LogP contribution is 2.25. The minimum absolute atomic E-state index is 0.0524. The summed E-state index contributed by atoms with van der Waals surface area (Å²) in [6.45, 7) is 8.44. The summed E-state index contributed by atoms with van der Waals surface area (Å²) in [5.41, 5.74) is 3.28.